The SMILES string of the molecule is CCC[C@@H](NC(=O)c1cccn1C)c1ccc(C(=O)NO)cc1. The van der Waals surface area contributed by atoms with E-state index in [2.05, 4.69) is 12.2 Å². The van der Waals surface area contributed by atoms with Crippen molar-refractivity contribution in [1.29, 1.82) is 0 Å². The fraction of sp³-hybridized carbons (Fsp3) is 0.294. The van der Waals surface area contributed by atoms with Gasteiger partial charge in [0.25, 0.3) is 11.8 Å². The van der Waals surface area contributed by atoms with Gasteiger partial charge in [-0.3, -0.25) is 14.8 Å². The Morgan fingerprint density at radius 1 is 1.17 bits per heavy atom. The Balaban J connectivity index is 2.16. The summed E-state index contributed by atoms with van der Waals surface area (Å²) in [5, 5.41) is 11.7. The molecule has 0 aliphatic carbocycles. The number of carbonyl (C=O) groups is 2. The molecule has 1 aromatic heterocycles. The minimum atomic E-state index is -0.559. The first-order valence-corrected chi connectivity index (χ1v) is 7.53. The average Bonchev–Trinajstić information content (AvgIpc) is 3.00. The van der Waals surface area contributed by atoms with Gasteiger partial charge < -0.3 is 9.88 Å². The van der Waals surface area contributed by atoms with Crippen LogP contribution in [0.2, 0.25) is 0 Å². The van der Waals surface area contributed by atoms with Gasteiger partial charge in [-0.25, -0.2) is 5.48 Å². The van der Waals surface area contributed by atoms with Crippen LogP contribution in [-0.4, -0.2) is 21.6 Å². The molecule has 6 heteroatoms. The van der Waals surface area contributed by atoms with Crippen molar-refractivity contribution in [3.63, 3.8) is 0 Å². The molecule has 1 heterocycles. The molecule has 0 unspecified atom stereocenters. The van der Waals surface area contributed by atoms with E-state index in [9.17, 15) is 9.59 Å². The Hall–Kier alpha value is -2.60. The van der Waals surface area contributed by atoms with E-state index in [-0.39, 0.29) is 11.9 Å². The number of hydrogen-bond donors (Lipinski definition) is 3. The molecule has 6 nitrogen and oxygen atoms in total. The lowest BCUT2D eigenvalue weighted by Gasteiger charge is -2.19. The number of hydrogen-bond acceptors (Lipinski definition) is 3. The zero-order valence-corrected chi connectivity index (χ0v) is 13.2. The molecule has 2 rings (SSSR count). The van der Waals surface area contributed by atoms with Crippen LogP contribution in [0, 0.1) is 0 Å². The fourth-order valence-electron chi connectivity index (χ4n) is 2.47. The Morgan fingerprint density at radius 3 is 2.39 bits per heavy atom. The summed E-state index contributed by atoms with van der Waals surface area (Å²) in [5.74, 6) is -0.690. The highest BCUT2D eigenvalue weighted by molar-refractivity contribution is 5.94. The molecule has 1 aromatic carbocycles. The van der Waals surface area contributed by atoms with Crippen molar-refractivity contribution in [2.24, 2.45) is 7.05 Å². The summed E-state index contributed by atoms with van der Waals surface area (Å²) in [7, 11) is 1.83. The van der Waals surface area contributed by atoms with Crippen molar-refractivity contribution in [1.82, 2.24) is 15.4 Å². The van der Waals surface area contributed by atoms with Crippen molar-refractivity contribution in [3.05, 3.63) is 59.4 Å². The molecule has 0 spiro atoms. The maximum absolute atomic E-state index is 12.4. The number of amides is 2. The number of rotatable bonds is 6. The third-order valence-electron chi connectivity index (χ3n) is 3.74. The topological polar surface area (TPSA) is 83.4 Å². The molecule has 1 atom stereocenters. The van der Waals surface area contributed by atoms with Gasteiger partial charge in [-0.05, 0) is 36.2 Å². The maximum atomic E-state index is 12.4. The average molecular weight is 315 g/mol. The summed E-state index contributed by atoms with van der Waals surface area (Å²) < 4.78 is 1.77. The normalized spacial score (nSPS) is 11.8. The molecule has 2 aromatic rings. The summed E-state index contributed by atoms with van der Waals surface area (Å²) in [6.07, 6.45) is 3.53. The Labute approximate surface area is 135 Å². The lowest BCUT2D eigenvalue weighted by molar-refractivity contribution is 0.0706. The van der Waals surface area contributed by atoms with Crippen LogP contribution in [0.15, 0.2) is 42.6 Å². The molecule has 0 saturated carbocycles. The van der Waals surface area contributed by atoms with Crippen molar-refractivity contribution in [2.45, 2.75) is 25.8 Å². The van der Waals surface area contributed by atoms with Crippen LogP contribution in [0.5, 0.6) is 0 Å². The van der Waals surface area contributed by atoms with Gasteiger partial charge in [-0.2, -0.15) is 0 Å². The summed E-state index contributed by atoms with van der Waals surface area (Å²) in [6.45, 7) is 2.05. The van der Waals surface area contributed by atoms with Crippen molar-refractivity contribution < 1.29 is 14.8 Å². The first-order valence-electron chi connectivity index (χ1n) is 7.53. The van der Waals surface area contributed by atoms with Crippen LogP contribution in [-0.2, 0) is 7.05 Å². The zero-order chi connectivity index (χ0) is 16.8. The number of aromatic nitrogens is 1. The van der Waals surface area contributed by atoms with E-state index >= 15 is 0 Å². The van der Waals surface area contributed by atoms with E-state index in [0.717, 1.165) is 18.4 Å². The number of nitrogens with one attached hydrogen (secondary N) is 2. The van der Waals surface area contributed by atoms with Crippen molar-refractivity contribution in [2.75, 3.05) is 0 Å². The van der Waals surface area contributed by atoms with E-state index < -0.39 is 5.91 Å². The molecule has 3 N–H and O–H groups in total. The molecular formula is C17H21N3O3. The highest BCUT2D eigenvalue weighted by Crippen LogP contribution is 2.20. The second-order valence-corrected chi connectivity index (χ2v) is 5.38. The van der Waals surface area contributed by atoms with E-state index in [4.69, 9.17) is 5.21 Å². The van der Waals surface area contributed by atoms with E-state index in [1.807, 2.05) is 19.3 Å². The predicted octanol–water partition coefficient (Wildman–Crippen LogP) is 2.42. The predicted molar refractivity (Wildman–Crippen MR) is 86.2 cm³/mol. The molecule has 122 valence electrons. The largest absolute Gasteiger partial charge is 0.347 e. The van der Waals surface area contributed by atoms with Crippen LogP contribution in [0.1, 0.15) is 52.2 Å². The highest BCUT2D eigenvalue weighted by atomic mass is 16.5. The second kappa shape index (κ2) is 7.60. The molecule has 0 saturated heterocycles. The number of aryl methyl sites for hydroxylation is 1. The van der Waals surface area contributed by atoms with Crippen LogP contribution in [0.4, 0.5) is 0 Å². The molecule has 0 aliphatic rings. The van der Waals surface area contributed by atoms with Gasteiger partial charge >= 0.3 is 0 Å². The molecule has 0 aliphatic heterocycles. The number of hydroxylamine groups is 1. The van der Waals surface area contributed by atoms with Crippen LogP contribution >= 0.6 is 0 Å². The van der Waals surface area contributed by atoms with Crippen molar-refractivity contribution in [3.8, 4) is 0 Å². The highest BCUT2D eigenvalue weighted by Gasteiger charge is 2.17. The first-order chi connectivity index (χ1) is 11.1. The van der Waals surface area contributed by atoms with Gasteiger partial charge in [0.2, 0.25) is 0 Å². The lowest BCUT2D eigenvalue weighted by atomic mass is 10.0. The van der Waals surface area contributed by atoms with Gasteiger partial charge in [0, 0.05) is 18.8 Å². The molecule has 0 radical (unpaired) electrons. The van der Waals surface area contributed by atoms with E-state index in [1.165, 1.54) is 0 Å². The molecular weight excluding hydrogens is 294 g/mol. The quantitative estimate of drug-likeness (QED) is 0.565. The Kier molecular flexibility index (Phi) is 5.54. The zero-order valence-electron chi connectivity index (χ0n) is 13.2. The van der Waals surface area contributed by atoms with Gasteiger partial charge in [-0.1, -0.05) is 25.5 Å². The van der Waals surface area contributed by atoms with Gasteiger partial charge in [0.05, 0.1) is 6.04 Å². The molecule has 0 bridgehead atoms. The monoisotopic (exact) mass is 315 g/mol. The molecule has 2 amide bonds. The van der Waals surface area contributed by atoms with Crippen molar-refractivity contribution >= 4 is 11.8 Å². The first kappa shape index (κ1) is 16.8. The summed E-state index contributed by atoms with van der Waals surface area (Å²) in [5.41, 5.74) is 3.48. The van der Waals surface area contributed by atoms with Crippen LogP contribution in [0.25, 0.3) is 0 Å². The standard InChI is InChI=1S/C17H21N3O3/c1-3-5-14(18-17(22)15-6-4-11-20(15)2)12-7-9-13(10-8-12)16(21)19-23/h4,6-11,14,23H,3,5H2,1-2H3,(H,18,22)(H,19,21)/t14-/m1/s1. The second-order valence-electron chi connectivity index (χ2n) is 5.38. The third kappa shape index (κ3) is 3.98. The summed E-state index contributed by atoms with van der Waals surface area (Å²) in [6, 6.07) is 10.3. The molecule has 23 heavy (non-hydrogen) atoms. The number of carbonyl (C=O) groups excluding carboxylic acids is 2. The van der Waals surface area contributed by atoms with E-state index in [1.54, 1.807) is 40.4 Å². The number of nitrogens with zero attached hydrogens (tertiary/aromatic N) is 1. The summed E-state index contributed by atoms with van der Waals surface area (Å²) in [4.78, 5) is 23.7. The minimum Gasteiger partial charge on any atom is -0.347 e. The Morgan fingerprint density at radius 2 is 1.87 bits per heavy atom. The van der Waals surface area contributed by atoms with Gasteiger partial charge in [-0.15, -0.1) is 0 Å². The van der Waals surface area contributed by atoms with Gasteiger partial charge in [0.1, 0.15) is 5.69 Å². The minimum absolute atomic E-state index is 0.131. The van der Waals surface area contributed by atoms with Crippen LogP contribution in [0.3, 0.4) is 0 Å². The van der Waals surface area contributed by atoms with Gasteiger partial charge in [0.15, 0.2) is 0 Å². The lowest BCUT2D eigenvalue weighted by Crippen LogP contribution is -2.30. The smallest absolute Gasteiger partial charge is 0.274 e. The summed E-state index contributed by atoms with van der Waals surface area (Å²) >= 11 is 0. The van der Waals surface area contributed by atoms with E-state index in [0.29, 0.717) is 11.3 Å². The Bertz CT molecular complexity index is 677. The maximum Gasteiger partial charge on any atom is 0.274 e. The van der Waals surface area contributed by atoms with Crippen LogP contribution < -0.4 is 10.8 Å². The fourth-order valence-corrected chi connectivity index (χ4v) is 2.47. The number of benzene rings is 1. The third-order valence-corrected chi connectivity index (χ3v) is 3.74. The molecule has 0 fully saturated rings.